The lowest BCUT2D eigenvalue weighted by Crippen LogP contribution is -2.19. The first-order chi connectivity index (χ1) is 18.2. The third kappa shape index (κ3) is 6.42. The van der Waals surface area contributed by atoms with E-state index in [1.807, 2.05) is 6.07 Å². The van der Waals surface area contributed by atoms with E-state index in [2.05, 4.69) is 6.58 Å². The van der Waals surface area contributed by atoms with Gasteiger partial charge < -0.3 is 23.7 Å². The Morgan fingerprint density at radius 1 is 1.13 bits per heavy atom. The second-order valence-electron chi connectivity index (χ2n) is 8.36. The van der Waals surface area contributed by atoms with Crippen LogP contribution in [0.1, 0.15) is 22.8 Å². The van der Waals surface area contributed by atoms with E-state index >= 15 is 0 Å². The van der Waals surface area contributed by atoms with Crippen LogP contribution in [0.2, 0.25) is 0 Å². The highest BCUT2D eigenvalue weighted by molar-refractivity contribution is 7.88. The number of fused-ring (bicyclic) bond motifs is 3. The molecule has 0 spiro atoms. The highest BCUT2D eigenvalue weighted by atomic mass is 32.2. The molecular weight excluding hydrogens is 520 g/mol. The van der Waals surface area contributed by atoms with Crippen LogP contribution >= 0.6 is 0 Å². The Morgan fingerprint density at radius 2 is 1.95 bits per heavy atom. The van der Waals surface area contributed by atoms with E-state index < -0.39 is 28.5 Å². The highest BCUT2D eigenvalue weighted by Crippen LogP contribution is 2.52. The van der Waals surface area contributed by atoms with Crippen LogP contribution in [0.5, 0.6) is 23.0 Å². The van der Waals surface area contributed by atoms with Gasteiger partial charge in [-0.25, -0.2) is 13.6 Å². The van der Waals surface area contributed by atoms with Gasteiger partial charge in [-0.2, -0.15) is 8.78 Å². The number of halogens is 2. The van der Waals surface area contributed by atoms with Crippen molar-refractivity contribution in [2.24, 2.45) is 5.14 Å². The van der Waals surface area contributed by atoms with Gasteiger partial charge in [-0.1, -0.05) is 36.4 Å². The predicted octanol–water partition coefficient (Wildman–Crippen LogP) is 4.82. The average Bonchev–Trinajstić information content (AvgIpc) is 2.87. The van der Waals surface area contributed by atoms with Crippen molar-refractivity contribution in [1.82, 2.24) is 0 Å². The average molecular weight is 548 g/mol. The van der Waals surface area contributed by atoms with Gasteiger partial charge >= 0.3 is 6.61 Å². The number of rotatable bonds is 12. The second-order valence-corrected chi connectivity index (χ2v) is 9.97. The van der Waals surface area contributed by atoms with Gasteiger partial charge in [0.05, 0.1) is 31.6 Å². The van der Waals surface area contributed by atoms with E-state index in [9.17, 15) is 17.2 Å². The summed E-state index contributed by atoms with van der Waals surface area (Å²) in [6, 6.07) is 15.1. The minimum absolute atomic E-state index is 0.0780. The number of sulfonamides is 1. The molecule has 1 atom stereocenters. The molecule has 0 amide bonds. The maximum absolute atomic E-state index is 13.6. The van der Waals surface area contributed by atoms with Gasteiger partial charge in [0.15, 0.2) is 11.5 Å². The Hall–Kier alpha value is -3.67. The molecule has 3 aromatic carbocycles. The van der Waals surface area contributed by atoms with Crippen molar-refractivity contribution in [2.75, 3.05) is 26.9 Å². The van der Waals surface area contributed by atoms with E-state index in [4.69, 9.17) is 28.8 Å². The summed E-state index contributed by atoms with van der Waals surface area (Å²) in [6.45, 7) is 1.04. The van der Waals surface area contributed by atoms with Crippen LogP contribution < -0.4 is 24.1 Å². The van der Waals surface area contributed by atoms with Crippen molar-refractivity contribution in [2.45, 2.75) is 18.5 Å². The molecule has 0 aliphatic carbocycles. The van der Waals surface area contributed by atoms with Gasteiger partial charge in [0, 0.05) is 11.1 Å². The summed E-state index contributed by atoms with van der Waals surface area (Å²) in [5.74, 6) is 0.338. The van der Waals surface area contributed by atoms with Gasteiger partial charge in [0.1, 0.15) is 24.2 Å². The fraction of sp³-hybridized carbons (Fsp3) is 0.259. The van der Waals surface area contributed by atoms with Crippen molar-refractivity contribution < 1.29 is 40.9 Å². The van der Waals surface area contributed by atoms with Gasteiger partial charge in [-0.15, -0.1) is 6.58 Å². The summed E-state index contributed by atoms with van der Waals surface area (Å²) in [5, 5.41) is 5.27. The van der Waals surface area contributed by atoms with E-state index in [1.165, 1.54) is 13.2 Å². The zero-order chi connectivity index (χ0) is 27.3. The molecule has 8 nitrogen and oxygen atoms in total. The standard InChI is InChI=1S/C27H27F2NO7S/c1-3-11-34-12-13-35-23-10-9-22-24(26(23)37-27(28)29)20-8-7-17(16-38(30,31)32)14-21(20)25(36-22)18-5-4-6-19(15-18)33-2/h3-10,14-15,25,27H,1,11-13,16H2,2H3,(H2,30,31,32). The van der Waals surface area contributed by atoms with Crippen LogP contribution in [0.4, 0.5) is 8.78 Å². The summed E-state index contributed by atoms with van der Waals surface area (Å²) < 4.78 is 78.3. The van der Waals surface area contributed by atoms with Gasteiger partial charge in [-0.05, 0) is 35.4 Å². The van der Waals surface area contributed by atoms with Crippen molar-refractivity contribution >= 4 is 10.0 Å². The molecular formula is C27H27F2NO7S. The third-order valence-corrected chi connectivity index (χ3v) is 6.42. The third-order valence-electron chi connectivity index (χ3n) is 5.69. The number of hydrogen-bond donors (Lipinski definition) is 1. The number of alkyl halides is 2. The largest absolute Gasteiger partial charge is 0.497 e. The molecule has 3 aromatic rings. The summed E-state index contributed by atoms with van der Waals surface area (Å²) >= 11 is 0. The van der Waals surface area contributed by atoms with E-state index in [0.717, 1.165) is 0 Å². The first kappa shape index (κ1) is 27.4. The molecule has 0 bridgehead atoms. The summed E-state index contributed by atoms with van der Waals surface area (Å²) in [6.07, 6.45) is 0.882. The quantitative estimate of drug-likeness (QED) is 0.256. The molecule has 0 fully saturated rings. The number of nitrogens with two attached hydrogens (primary N) is 1. The monoisotopic (exact) mass is 547 g/mol. The predicted molar refractivity (Wildman–Crippen MR) is 137 cm³/mol. The Labute approximate surface area is 219 Å². The molecule has 1 unspecified atom stereocenters. The van der Waals surface area contributed by atoms with Crippen LogP contribution in [0.3, 0.4) is 0 Å². The van der Waals surface area contributed by atoms with Crippen molar-refractivity contribution in [3.8, 4) is 34.1 Å². The Bertz CT molecular complexity index is 1410. The van der Waals surface area contributed by atoms with Crippen molar-refractivity contribution in [3.05, 3.63) is 83.9 Å². The Morgan fingerprint density at radius 3 is 2.66 bits per heavy atom. The van der Waals surface area contributed by atoms with Gasteiger partial charge in [-0.3, -0.25) is 0 Å². The number of benzene rings is 3. The van der Waals surface area contributed by atoms with Crippen LogP contribution in [-0.4, -0.2) is 42.0 Å². The zero-order valence-electron chi connectivity index (χ0n) is 20.6. The van der Waals surface area contributed by atoms with Crippen LogP contribution in [0, 0.1) is 0 Å². The molecule has 11 heteroatoms. The second kappa shape index (κ2) is 11.8. The summed E-state index contributed by atoms with van der Waals surface area (Å²) in [4.78, 5) is 0. The van der Waals surface area contributed by atoms with Crippen molar-refractivity contribution in [3.63, 3.8) is 0 Å². The molecule has 1 aliphatic rings. The van der Waals surface area contributed by atoms with Gasteiger partial charge in [0.2, 0.25) is 10.0 Å². The normalized spacial score (nSPS) is 14.3. The molecule has 202 valence electrons. The number of hydrogen-bond acceptors (Lipinski definition) is 7. The fourth-order valence-corrected chi connectivity index (χ4v) is 4.86. The first-order valence-electron chi connectivity index (χ1n) is 11.6. The lowest BCUT2D eigenvalue weighted by Gasteiger charge is -2.31. The van der Waals surface area contributed by atoms with Crippen LogP contribution in [0.15, 0.2) is 67.3 Å². The highest BCUT2D eigenvalue weighted by Gasteiger charge is 2.33. The van der Waals surface area contributed by atoms with Crippen LogP contribution in [-0.2, 0) is 20.5 Å². The molecule has 1 aliphatic heterocycles. The Kier molecular flexibility index (Phi) is 8.50. The van der Waals surface area contributed by atoms with Crippen LogP contribution in [0.25, 0.3) is 11.1 Å². The molecule has 1 heterocycles. The fourth-order valence-electron chi connectivity index (χ4n) is 4.22. The first-order valence-corrected chi connectivity index (χ1v) is 13.3. The zero-order valence-corrected chi connectivity index (χ0v) is 21.4. The molecule has 0 aromatic heterocycles. The SMILES string of the molecule is C=CCOCCOc1ccc2c(c1OC(F)F)-c1ccc(CS(N)(=O)=O)cc1C(c1cccc(OC)c1)O2. The maximum Gasteiger partial charge on any atom is 0.387 e. The minimum atomic E-state index is -3.83. The smallest absolute Gasteiger partial charge is 0.387 e. The lowest BCUT2D eigenvalue weighted by molar-refractivity contribution is -0.0514. The lowest BCUT2D eigenvalue weighted by atomic mass is 9.88. The number of primary sulfonamides is 1. The molecule has 4 rings (SSSR count). The summed E-state index contributed by atoms with van der Waals surface area (Å²) in [7, 11) is -2.29. The summed E-state index contributed by atoms with van der Waals surface area (Å²) in [5.41, 5.74) is 2.43. The minimum Gasteiger partial charge on any atom is -0.497 e. The molecule has 2 N–H and O–H groups in total. The topological polar surface area (TPSA) is 106 Å². The van der Waals surface area contributed by atoms with E-state index in [0.29, 0.717) is 34.6 Å². The molecule has 0 saturated carbocycles. The molecule has 0 saturated heterocycles. The van der Waals surface area contributed by atoms with E-state index in [-0.39, 0.29) is 36.0 Å². The van der Waals surface area contributed by atoms with Crippen molar-refractivity contribution in [1.29, 1.82) is 0 Å². The molecule has 0 radical (unpaired) electrons. The Balaban J connectivity index is 1.84. The van der Waals surface area contributed by atoms with Gasteiger partial charge in [0.25, 0.3) is 0 Å². The number of ether oxygens (including phenoxy) is 5. The maximum atomic E-state index is 13.6. The number of methoxy groups -OCH3 is 1. The van der Waals surface area contributed by atoms with E-state index in [1.54, 1.807) is 48.5 Å². The molecule has 38 heavy (non-hydrogen) atoms.